The number of carbonyl (C=O) groups excluding carboxylic acids is 2. The van der Waals surface area contributed by atoms with E-state index in [0.717, 1.165) is 47.4 Å². The number of carbonyl (C=O) groups is 2. The van der Waals surface area contributed by atoms with E-state index in [1.807, 2.05) is 6.92 Å². The van der Waals surface area contributed by atoms with Gasteiger partial charge < -0.3 is 14.2 Å². The van der Waals surface area contributed by atoms with Gasteiger partial charge in [0.2, 0.25) is 9.84 Å². The molecule has 0 fully saturated rings. The second kappa shape index (κ2) is 9.46. The van der Waals surface area contributed by atoms with Crippen molar-refractivity contribution in [2.75, 3.05) is 20.3 Å². The summed E-state index contributed by atoms with van der Waals surface area (Å²) in [5.41, 5.74) is 3.59. The molecule has 14 heteroatoms. The molecule has 0 radical (unpaired) electrons. The Labute approximate surface area is 269 Å². The van der Waals surface area contributed by atoms with Crippen LogP contribution in [0.1, 0.15) is 41.6 Å². The van der Waals surface area contributed by atoms with E-state index in [4.69, 9.17) is 14.2 Å². The number of aldehydes is 1. The van der Waals surface area contributed by atoms with Crippen LogP contribution in [0.3, 0.4) is 0 Å². The van der Waals surface area contributed by atoms with Gasteiger partial charge in [0, 0.05) is 9.75 Å². The third-order valence-electron chi connectivity index (χ3n) is 7.85. The first-order chi connectivity index (χ1) is 20.6. The Balaban J connectivity index is 1.29. The minimum Gasteiger partial charge on any atom is -0.485 e. The van der Waals surface area contributed by atoms with Crippen LogP contribution in [0.25, 0.3) is 48.1 Å². The summed E-state index contributed by atoms with van der Waals surface area (Å²) in [4.78, 5) is 31.0. The quantitative estimate of drug-likeness (QED) is 0.133. The van der Waals surface area contributed by atoms with Gasteiger partial charge in [-0.25, -0.2) is 13.2 Å². The van der Waals surface area contributed by atoms with Crippen LogP contribution < -0.4 is 9.47 Å². The van der Waals surface area contributed by atoms with Crippen molar-refractivity contribution >= 4 is 109 Å². The monoisotopic (exact) mass is 704 g/mol. The summed E-state index contributed by atoms with van der Waals surface area (Å²) >= 11 is 9.23. The van der Waals surface area contributed by atoms with Crippen molar-refractivity contribution < 1.29 is 32.2 Å². The predicted molar refractivity (Wildman–Crippen MR) is 177 cm³/mol. The lowest BCUT2D eigenvalue weighted by Gasteiger charge is -2.16. The molecule has 220 valence electrons. The smallest absolute Gasteiger partial charge is 0.352 e. The summed E-state index contributed by atoms with van der Waals surface area (Å²) in [6.07, 6.45) is 0.746. The molecule has 8 rings (SSSR count). The molecule has 0 bridgehead atoms. The molecule has 2 aliphatic rings. The maximum atomic E-state index is 13.7. The maximum absolute atomic E-state index is 13.7. The van der Waals surface area contributed by atoms with Crippen LogP contribution in [0, 0.1) is 27.7 Å². The number of esters is 1. The number of methoxy groups -OCH3 is 1. The summed E-state index contributed by atoms with van der Waals surface area (Å²) in [5, 5.41) is 0. The van der Waals surface area contributed by atoms with E-state index in [1.165, 1.54) is 59.9 Å². The van der Waals surface area contributed by atoms with Crippen LogP contribution in [-0.4, -0.2) is 41.0 Å². The molecule has 6 aromatic heterocycles. The lowest BCUT2D eigenvalue weighted by molar-refractivity contribution is 0.0597. The van der Waals surface area contributed by atoms with Gasteiger partial charge in [-0.15, -0.1) is 68.0 Å². The van der Waals surface area contributed by atoms with Gasteiger partial charge in [-0.1, -0.05) is 0 Å². The van der Waals surface area contributed by atoms with Crippen LogP contribution >= 0.6 is 68.0 Å². The third-order valence-corrected chi connectivity index (χ3v) is 18.8. The number of aryl methyl sites for hydroxylation is 2. The minimum absolute atomic E-state index is 0.295. The van der Waals surface area contributed by atoms with Crippen LogP contribution in [-0.2, 0) is 14.6 Å². The number of ether oxygens (including phenoxy) is 3. The van der Waals surface area contributed by atoms with Gasteiger partial charge in [0.1, 0.15) is 13.2 Å². The first-order valence-electron chi connectivity index (χ1n) is 13.0. The molecular formula is C29H20O7S7. The third kappa shape index (κ3) is 3.56. The number of sulfone groups is 1. The normalized spacial score (nSPS) is 14.9. The average molecular weight is 705 g/mol. The van der Waals surface area contributed by atoms with E-state index in [1.54, 1.807) is 40.9 Å². The van der Waals surface area contributed by atoms with E-state index in [9.17, 15) is 18.0 Å². The van der Waals surface area contributed by atoms with Gasteiger partial charge in [-0.05, 0) is 49.9 Å². The van der Waals surface area contributed by atoms with Gasteiger partial charge in [0.15, 0.2) is 22.7 Å². The SMILES string of the molecule is COC(=O)c1sc(-c2sc3c(sc4c(C)c(-c5sc6c(c5C)S(=O)(=O)c5c-6sc(C=O)c5C)sc43)c2C)c2c1OCCO2. The van der Waals surface area contributed by atoms with Gasteiger partial charge >= 0.3 is 5.97 Å². The lowest BCUT2D eigenvalue weighted by Crippen LogP contribution is -2.16. The Morgan fingerprint density at radius 3 is 1.86 bits per heavy atom. The molecule has 0 aliphatic carbocycles. The van der Waals surface area contributed by atoms with Crippen molar-refractivity contribution in [3.63, 3.8) is 0 Å². The Bertz CT molecular complexity index is 2330. The first kappa shape index (κ1) is 27.9. The number of hydrogen-bond acceptors (Lipinski definition) is 13. The fourth-order valence-electron chi connectivity index (χ4n) is 5.79. The van der Waals surface area contributed by atoms with Crippen LogP contribution in [0.2, 0.25) is 0 Å². The van der Waals surface area contributed by atoms with Gasteiger partial charge in [0.25, 0.3) is 0 Å². The van der Waals surface area contributed by atoms with Crippen LogP contribution in [0.4, 0.5) is 0 Å². The van der Waals surface area contributed by atoms with Crippen LogP contribution in [0.5, 0.6) is 11.5 Å². The van der Waals surface area contributed by atoms with Crippen molar-refractivity contribution in [1.29, 1.82) is 0 Å². The molecule has 8 heterocycles. The number of hydrogen-bond donors (Lipinski definition) is 0. The molecule has 7 nitrogen and oxygen atoms in total. The first-order valence-corrected chi connectivity index (χ1v) is 19.4. The fourth-order valence-corrected chi connectivity index (χ4v) is 17.2. The molecule has 0 atom stereocenters. The standard InChI is InChI=1S/C29H20O7S7/c1-9-13(8-30)37-25-26-28(43(32,33)27(9)25)12(4)20(41-26)16-10(2)18-23(39-16)24-19(38-18)11(3)17(40-24)21-14-15(36-7-6-35-14)22(42-21)29(31)34-5/h8H,6-7H2,1-5H3. The molecule has 0 aromatic carbocycles. The number of rotatable bonds is 4. The number of thiophene rings is 6. The minimum atomic E-state index is -3.70. The Hall–Kier alpha value is -2.59. The molecule has 6 aromatic rings. The van der Waals surface area contributed by atoms with E-state index in [-0.39, 0.29) is 0 Å². The molecule has 43 heavy (non-hydrogen) atoms. The zero-order chi connectivity index (χ0) is 30.1. The average Bonchev–Trinajstić information content (AvgIpc) is 3.82. The molecule has 0 saturated carbocycles. The summed E-state index contributed by atoms with van der Waals surface area (Å²) < 4.78 is 48.9. The summed E-state index contributed by atoms with van der Waals surface area (Å²) in [7, 11) is -2.34. The zero-order valence-electron chi connectivity index (χ0n) is 23.2. The Kier molecular flexibility index (Phi) is 6.14. The molecule has 0 unspecified atom stereocenters. The maximum Gasteiger partial charge on any atom is 0.352 e. The highest BCUT2D eigenvalue weighted by molar-refractivity contribution is 7.92. The molecular weight excluding hydrogens is 685 g/mol. The summed E-state index contributed by atoms with van der Waals surface area (Å²) in [6, 6.07) is 0. The molecule has 0 N–H and O–H groups in total. The highest BCUT2D eigenvalue weighted by Gasteiger charge is 2.42. The fraction of sp³-hybridized carbons (Fsp3) is 0.241. The molecule has 0 spiro atoms. The lowest BCUT2D eigenvalue weighted by atomic mass is 10.2. The van der Waals surface area contributed by atoms with Crippen molar-refractivity contribution in [3.05, 3.63) is 32.0 Å². The van der Waals surface area contributed by atoms with E-state index in [2.05, 4.69) is 13.8 Å². The highest BCUT2D eigenvalue weighted by atomic mass is 32.2. The predicted octanol–water partition coefficient (Wildman–Crippen LogP) is 9.11. The second-order valence-electron chi connectivity index (χ2n) is 10.2. The van der Waals surface area contributed by atoms with Crippen molar-refractivity contribution in [3.8, 4) is 40.8 Å². The molecule has 2 aliphatic heterocycles. The topological polar surface area (TPSA) is 96.0 Å². The van der Waals surface area contributed by atoms with Gasteiger partial charge in [0.05, 0.1) is 60.1 Å². The van der Waals surface area contributed by atoms with Gasteiger partial charge in [-0.2, -0.15) is 0 Å². The highest BCUT2D eigenvalue weighted by Crippen LogP contribution is 2.60. The largest absolute Gasteiger partial charge is 0.485 e. The van der Waals surface area contributed by atoms with E-state index >= 15 is 0 Å². The van der Waals surface area contributed by atoms with Crippen molar-refractivity contribution in [1.82, 2.24) is 0 Å². The Morgan fingerprint density at radius 2 is 1.23 bits per heavy atom. The molecule has 0 amide bonds. The van der Waals surface area contributed by atoms with E-state index < -0.39 is 15.8 Å². The molecule has 0 saturated heterocycles. The van der Waals surface area contributed by atoms with Crippen molar-refractivity contribution in [2.24, 2.45) is 0 Å². The summed E-state index contributed by atoms with van der Waals surface area (Å²) in [5.74, 6) is 0.607. The Morgan fingerprint density at radius 1 is 0.674 bits per heavy atom. The number of fused-ring (bicyclic) bond motifs is 7. The second-order valence-corrected chi connectivity index (χ2v) is 18.2. The van der Waals surface area contributed by atoms with Crippen molar-refractivity contribution in [2.45, 2.75) is 37.5 Å². The van der Waals surface area contributed by atoms with E-state index in [0.29, 0.717) is 54.7 Å². The summed E-state index contributed by atoms with van der Waals surface area (Å²) in [6.45, 7) is 8.61. The van der Waals surface area contributed by atoms with Gasteiger partial charge in [-0.3, -0.25) is 4.79 Å². The zero-order valence-corrected chi connectivity index (χ0v) is 28.9. The van der Waals surface area contributed by atoms with Crippen LogP contribution in [0.15, 0.2) is 9.79 Å².